The van der Waals surface area contributed by atoms with Gasteiger partial charge in [0.05, 0.1) is 6.10 Å². The number of anilines is 1. The minimum Gasteiger partial charge on any atom is -0.393 e. The number of carbonyl (C=O) groups is 2. The average molecular weight is 319 g/mol. The average Bonchev–Trinajstić information content (AvgIpc) is 2.55. The zero-order valence-corrected chi connectivity index (χ0v) is 13.5. The lowest BCUT2D eigenvalue weighted by atomic mass is 10.1. The molecule has 1 aliphatic rings. The number of carbonyl (C=O) groups excluding carboxylic acids is 2. The molecule has 1 fully saturated rings. The van der Waals surface area contributed by atoms with E-state index < -0.39 is 11.8 Å². The summed E-state index contributed by atoms with van der Waals surface area (Å²) in [5.41, 5.74) is 1.71. The summed E-state index contributed by atoms with van der Waals surface area (Å²) >= 11 is 0. The number of hydrogen-bond acceptors (Lipinski definition) is 4. The van der Waals surface area contributed by atoms with Crippen LogP contribution < -0.4 is 10.6 Å². The van der Waals surface area contributed by atoms with Crippen LogP contribution in [0, 0.1) is 6.92 Å². The molecule has 6 heteroatoms. The summed E-state index contributed by atoms with van der Waals surface area (Å²) in [6.07, 6.45) is 2.24. The number of amides is 2. The van der Waals surface area contributed by atoms with Crippen LogP contribution >= 0.6 is 0 Å². The van der Waals surface area contributed by atoms with Crippen LogP contribution in [-0.2, 0) is 9.59 Å². The number of aliphatic hydroxyl groups excluding tert-OH is 1. The predicted molar refractivity (Wildman–Crippen MR) is 89.1 cm³/mol. The second kappa shape index (κ2) is 8.64. The summed E-state index contributed by atoms with van der Waals surface area (Å²) in [5, 5.41) is 14.7. The standard InChI is InChI=1S/C17H25N3O3/c1-13-3-5-14(6-4-13)19-17(23)16(22)18-9-2-10-20-11-7-15(21)8-12-20/h3-6,15,21H,2,7-12H2,1H3,(H,18,22)(H,19,23). The molecule has 0 saturated carbocycles. The number of aryl methyl sites for hydroxylation is 1. The Labute approximate surface area is 136 Å². The molecule has 0 aliphatic carbocycles. The van der Waals surface area contributed by atoms with Gasteiger partial charge in [-0.2, -0.15) is 0 Å². The van der Waals surface area contributed by atoms with Gasteiger partial charge in [-0.3, -0.25) is 9.59 Å². The van der Waals surface area contributed by atoms with Crippen LogP contribution in [0.3, 0.4) is 0 Å². The summed E-state index contributed by atoms with van der Waals surface area (Å²) in [6, 6.07) is 7.29. The van der Waals surface area contributed by atoms with Gasteiger partial charge in [0.2, 0.25) is 0 Å². The molecule has 0 radical (unpaired) electrons. The van der Waals surface area contributed by atoms with E-state index in [-0.39, 0.29) is 6.10 Å². The summed E-state index contributed by atoms with van der Waals surface area (Å²) in [5.74, 6) is -1.26. The van der Waals surface area contributed by atoms with Gasteiger partial charge in [-0.1, -0.05) is 17.7 Å². The van der Waals surface area contributed by atoms with Crippen molar-refractivity contribution in [2.75, 3.05) is 31.5 Å². The van der Waals surface area contributed by atoms with Crippen molar-refractivity contribution in [1.29, 1.82) is 0 Å². The molecular formula is C17H25N3O3. The Morgan fingerprint density at radius 3 is 2.48 bits per heavy atom. The van der Waals surface area contributed by atoms with Crippen molar-refractivity contribution in [2.24, 2.45) is 0 Å². The Balaban J connectivity index is 1.62. The highest BCUT2D eigenvalue weighted by Crippen LogP contribution is 2.10. The Bertz CT molecular complexity index is 522. The van der Waals surface area contributed by atoms with E-state index in [0.29, 0.717) is 12.2 Å². The van der Waals surface area contributed by atoms with Gasteiger partial charge < -0.3 is 20.6 Å². The molecule has 0 atom stereocenters. The molecule has 1 heterocycles. The topological polar surface area (TPSA) is 81.7 Å². The predicted octanol–water partition coefficient (Wildman–Crippen LogP) is 0.897. The van der Waals surface area contributed by atoms with Gasteiger partial charge in [-0.25, -0.2) is 0 Å². The molecule has 6 nitrogen and oxygen atoms in total. The van der Waals surface area contributed by atoms with Crippen LogP contribution in [0.5, 0.6) is 0 Å². The molecule has 3 N–H and O–H groups in total. The third-order valence-electron chi connectivity index (χ3n) is 4.01. The van der Waals surface area contributed by atoms with Crippen molar-refractivity contribution < 1.29 is 14.7 Å². The van der Waals surface area contributed by atoms with Crippen molar-refractivity contribution in [3.05, 3.63) is 29.8 Å². The normalized spacial score (nSPS) is 16.1. The first kappa shape index (κ1) is 17.4. The maximum absolute atomic E-state index is 11.8. The van der Waals surface area contributed by atoms with Crippen LogP contribution in [0.15, 0.2) is 24.3 Å². The van der Waals surface area contributed by atoms with Gasteiger partial charge in [0, 0.05) is 25.3 Å². The molecule has 2 amide bonds. The molecular weight excluding hydrogens is 294 g/mol. The number of likely N-dealkylation sites (tertiary alicyclic amines) is 1. The minimum absolute atomic E-state index is 0.170. The van der Waals surface area contributed by atoms with Crippen molar-refractivity contribution in [3.8, 4) is 0 Å². The zero-order chi connectivity index (χ0) is 16.7. The Hall–Kier alpha value is -1.92. The highest BCUT2D eigenvalue weighted by atomic mass is 16.3. The van der Waals surface area contributed by atoms with Gasteiger partial charge >= 0.3 is 11.8 Å². The number of nitrogens with zero attached hydrogens (tertiary/aromatic N) is 1. The fourth-order valence-corrected chi connectivity index (χ4v) is 2.55. The van der Waals surface area contributed by atoms with Gasteiger partial charge in [-0.05, 0) is 44.9 Å². The largest absolute Gasteiger partial charge is 0.393 e. The van der Waals surface area contributed by atoms with E-state index in [9.17, 15) is 14.7 Å². The van der Waals surface area contributed by atoms with Gasteiger partial charge in [0.1, 0.15) is 0 Å². The molecule has 1 saturated heterocycles. The highest BCUT2D eigenvalue weighted by Gasteiger charge is 2.17. The molecule has 1 aromatic rings. The molecule has 23 heavy (non-hydrogen) atoms. The number of aliphatic hydroxyl groups is 1. The highest BCUT2D eigenvalue weighted by molar-refractivity contribution is 6.39. The smallest absolute Gasteiger partial charge is 0.313 e. The summed E-state index contributed by atoms with van der Waals surface area (Å²) in [6.45, 7) is 5.08. The molecule has 0 bridgehead atoms. The number of hydrogen-bond donors (Lipinski definition) is 3. The molecule has 0 spiro atoms. The lowest BCUT2D eigenvalue weighted by Gasteiger charge is -2.29. The Morgan fingerprint density at radius 1 is 1.17 bits per heavy atom. The van der Waals surface area contributed by atoms with Crippen LogP contribution in [0.2, 0.25) is 0 Å². The van der Waals surface area contributed by atoms with E-state index in [4.69, 9.17) is 0 Å². The van der Waals surface area contributed by atoms with Crippen molar-refractivity contribution in [3.63, 3.8) is 0 Å². The van der Waals surface area contributed by atoms with Crippen LogP contribution in [0.25, 0.3) is 0 Å². The van der Waals surface area contributed by atoms with E-state index in [1.54, 1.807) is 12.1 Å². The molecule has 126 valence electrons. The molecule has 2 rings (SSSR count). The third-order valence-corrected chi connectivity index (χ3v) is 4.01. The zero-order valence-electron chi connectivity index (χ0n) is 13.5. The van der Waals surface area contributed by atoms with Crippen molar-refractivity contribution in [2.45, 2.75) is 32.3 Å². The second-order valence-electron chi connectivity index (χ2n) is 6.00. The fourth-order valence-electron chi connectivity index (χ4n) is 2.55. The minimum atomic E-state index is -0.644. The number of piperidine rings is 1. The number of nitrogens with one attached hydrogen (secondary N) is 2. The van der Waals surface area contributed by atoms with E-state index in [1.165, 1.54) is 0 Å². The van der Waals surface area contributed by atoms with Crippen LogP contribution in [0.1, 0.15) is 24.8 Å². The third kappa shape index (κ3) is 6.00. The van der Waals surface area contributed by atoms with Gasteiger partial charge in [0.15, 0.2) is 0 Å². The lowest BCUT2D eigenvalue weighted by molar-refractivity contribution is -0.136. The first-order chi connectivity index (χ1) is 11.0. The van der Waals surface area contributed by atoms with Crippen molar-refractivity contribution in [1.82, 2.24) is 10.2 Å². The maximum Gasteiger partial charge on any atom is 0.313 e. The fraction of sp³-hybridized carbons (Fsp3) is 0.529. The van der Waals surface area contributed by atoms with E-state index in [1.807, 2.05) is 19.1 Å². The van der Waals surface area contributed by atoms with Gasteiger partial charge in [0.25, 0.3) is 0 Å². The van der Waals surface area contributed by atoms with E-state index >= 15 is 0 Å². The molecule has 0 unspecified atom stereocenters. The molecule has 1 aliphatic heterocycles. The summed E-state index contributed by atoms with van der Waals surface area (Å²) in [7, 11) is 0. The first-order valence-electron chi connectivity index (χ1n) is 8.11. The molecule has 1 aromatic carbocycles. The van der Waals surface area contributed by atoms with E-state index in [2.05, 4.69) is 15.5 Å². The lowest BCUT2D eigenvalue weighted by Crippen LogP contribution is -2.39. The number of benzene rings is 1. The first-order valence-corrected chi connectivity index (χ1v) is 8.11. The van der Waals surface area contributed by atoms with Crippen LogP contribution in [-0.4, -0.2) is 54.1 Å². The summed E-state index contributed by atoms with van der Waals surface area (Å²) in [4.78, 5) is 25.8. The Kier molecular flexibility index (Phi) is 6.55. The Morgan fingerprint density at radius 2 is 1.83 bits per heavy atom. The summed E-state index contributed by atoms with van der Waals surface area (Å²) < 4.78 is 0. The van der Waals surface area contributed by atoms with Crippen molar-refractivity contribution >= 4 is 17.5 Å². The molecule has 0 aromatic heterocycles. The monoisotopic (exact) mass is 319 g/mol. The maximum atomic E-state index is 11.8. The number of rotatable bonds is 5. The second-order valence-corrected chi connectivity index (χ2v) is 6.00. The quantitative estimate of drug-likeness (QED) is 0.556. The SMILES string of the molecule is Cc1ccc(NC(=O)C(=O)NCCCN2CCC(O)CC2)cc1. The van der Waals surface area contributed by atoms with Gasteiger partial charge in [-0.15, -0.1) is 0 Å². The van der Waals surface area contributed by atoms with E-state index in [0.717, 1.165) is 44.5 Å². The van der Waals surface area contributed by atoms with Crippen LogP contribution in [0.4, 0.5) is 5.69 Å².